The molecule has 3 rings (SSSR count). The van der Waals surface area contributed by atoms with Gasteiger partial charge in [0, 0.05) is 26.4 Å². The minimum absolute atomic E-state index is 0.0179. The van der Waals surface area contributed by atoms with Crippen molar-refractivity contribution in [2.45, 2.75) is 25.8 Å². The number of carbonyl (C=O) groups is 1. The molecule has 2 aromatic rings. The predicted molar refractivity (Wildman–Crippen MR) is 101 cm³/mol. The maximum atomic E-state index is 12.4. The lowest BCUT2D eigenvalue weighted by Gasteiger charge is -2.18. The van der Waals surface area contributed by atoms with Crippen LogP contribution in [0, 0.1) is 12.8 Å². The molecule has 1 aliphatic rings. The molecule has 1 aromatic heterocycles. The van der Waals surface area contributed by atoms with Gasteiger partial charge in [-0.1, -0.05) is 29.8 Å². The van der Waals surface area contributed by atoms with Gasteiger partial charge in [0.05, 0.1) is 11.6 Å². The maximum Gasteiger partial charge on any atom is 0.330 e. The number of rotatable bonds is 5. The number of nitrogens with one attached hydrogen (secondary N) is 1. The third kappa shape index (κ3) is 3.85. The molecule has 1 aliphatic carbocycles. The third-order valence-corrected chi connectivity index (χ3v) is 4.71. The smallest absolute Gasteiger partial charge is 0.330 e. The molecule has 0 radical (unpaired) electrons. The summed E-state index contributed by atoms with van der Waals surface area (Å²) in [6.45, 7) is 2.03. The van der Waals surface area contributed by atoms with Crippen molar-refractivity contribution in [1.29, 1.82) is 0 Å². The van der Waals surface area contributed by atoms with Gasteiger partial charge in [-0.15, -0.1) is 0 Å². The van der Waals surface area contributed by atoms with Crippen LogP contribution in [-0.2, 0) is 18.9 Å². The summed E-state index contributed by atoms with van der Waals surface area (Å²) in [7, 11) is 2.99. The van der Waals surface area contributed by atoms with Gasteiger partial charge in [-0.3, -0.25) is 14.2 Å². The van der Waals surface area contributed by atoms with Crippen LogP contribution in [0.2, 0.25) is 0 Å². The molecule has 1 heterocycles. The summed E-state index contributed by atoms with van der Waals surface area (Å²) in [5, 5.41) is 3.04. The summed E-state index contributed by atoms with van der Waals surface area (Å²) >= 11 is 0. The van der Waals surface area contributed by atoms with Gasteiger partial charge < -0.3 is 9.88 Å². The maximum absolute atomic E-state index is 12.4. The summed E-state index contributed by atoms with van der Waals surface area (Å²) in [6, 6.07) is 8.16. The van der Waals surface area contributed by atoms with Crippen LogP contribution in [0.5, 0.6) is 0 Å². The number of benzene rings is 1. The molecule has 1 amide bonds. The van der Waals surface area contributed by atoms with E-state index in [1.165, 1.54) is 35.5 Å². The molecule has 1 N–H and O–H groups in total. The van der Waals surface area contributed by atoms with Crippen LogP contribution < -0.4 is 16.6 Å². The summed E-state index contributed by atoms with van der Waals surface area (Å²) in [6.07, 6.45) is 6.45. The molecule has 6 heteroatoms. The average molecular weight is 353 g/mol. The van der Waals surface area contributed by atoms with E-state index in [9.17, 15) is 14.4 Å². The first kappa shape index (κ1) is 17.9. The molecule has 0 aliphatic heterocycles. The van der Waals surface area contributed by atoms with E-state index in [0.717, 1.165) is 23.0 Å². The molecule has 136 valence electrons. The third-order valence-electron chi connectivity index (χ3n) is 4.71. The van der Waals surface area contributed by atoms with Gasteiger partial charge >= 0.3 is 5.69 Å². The Morgan fingerprint density at radius 3 is 2.46 bits per heavy atom. The van der Waals surface area contributed by atoms with Crippen molar-refractivity contribution in [2.75, 3.05) is 0 Å². The number of nitrogens with zero attached hydrogens (tertiary/aromatic N) is 2. The first-order chi connectivity index (χ1) is 12.4. The van der Waals surface area contributed by atoms with Crippen molar-refractivity contribution < 1.29 is 4.79 Å². The molecule has 1 saturated carbocycles. The second-order valence-corrected chi connectivity index (χ2v) is 6.91. The van der Waals surface area contributed by atoms with Crippen molar-refractivity contribution in [3.63, 3.8) is 0 Å². The van der Waals surface area contributed by atoms with Gasteiger partial charge in [0.2, 0.25) is 5.91 Å². The van der Waals surface area contributed by atoms with E-state index >= 15 is 0 Å². The lowest BCUT2D eigenvalue weighted by atomic mass is 10.0. The summed E-state index contributed by atoms with van der Waals surface area (Å²) in [4.78, 5) is 36.2. The number of hydrogen-bond acceptors (Lipinski definition) is 3. The molecule has 1 aromatic carbocycles. The Kier molecular flexibility index (Phi) is 4.93. The topological polar surface area (TPSA) is 73.1 Å². The number of carbonyl (C=O) groups excluding carboxylic acids is 1. The first-order valence-electron chi connectivity index (χ1n) is 8.68. The highest BCUT2D eigenvalue weighted by atomic mass is 16.2. The van der Waals surface area contributed by atoms with E-state index in [-0.39, 0.29) is 11.9 Å². The van der Waals surface area contributed by atoms with Crippen LogP contribution in [-0.4, -0.2) is 15.0 Å². The Morgan fingerprint density at radius 2 is 1.85 bits per heavy atom. The fraction of sp³-hybridized carbons (Fsp3) is 0.350. The van der Waals surface area contributed by atoms with Gasteiger partial charge in [-0.25, -0.2) is 4.79 Å². The van der Waals surface area contributed by atoms with Crippen LogP contribution >= 0.6 is 0 Å². The largest absolute Gasteiger partial charge is 0.345 e. The highest BCUT2D eigenvalue weighted by molar-refractivity contribution is 5.91. The minimum Gasteiger partial charge on any atom is -0.345 e. The fourth-order valence-corrected chi connectivity index (χ4v) is 2.99. The fourth-order valence-electron chi connectivity index (χ4n) is 2.99. The number of amides is 1. The van der Waals surface area contributed by atoms with Gasteiger partial charge in [0.1, 0.15) is 0 Å². The van der Waals surface area contributed by atoms with E-state index in [1.807, 2.05) is 31.2 Å². The van der Waals surface area contributed by atoms with E-state index in [4.69, 9.17) is 0 Å². The van der Waals surface area contributed by atoms with E-state index in [1.54, 1.807) is 7.05 Å². The molecule has 0 saturated heterocycles. The molecular weight excluding hydrogens is 330 g/mol. The molecule has 1 unspecified atom stereocenters. The average Bonchev–Trinajstić information content (AvgIpc) is 3.45. The SMILES string of the molecule is Cc1ccc(C(NC(=O)C=Cc2cn(C)c(=O)n(C)c2=O)C2CC2)cc1. The number of aryl methyl sites for hydroxylation is 2. The van der Waals surface area contributed by atoms with Crippen LogP contribution in [0.3, 0.4) is 0 Å². The van der Waals surface area contributed by atoms with E-state index < -0.39 is 11.2 Å². The monoisotopic (exact) mass is 353 g/mol. The van der Waals surface area contributed by atoms with Gasteiger partial charge in [-0.05, 0) is 37.3 Å². The second kappa shape index (κ2) is 7.15. The Labute approximate surface area is 151 Å². The molecule has 0 bridgehead atoms. The highest BCUT2D eigenvalue weighted by Crippen LogP contribution is 2.41. The van der Waals surface area contributed by atoms with Crippen LogP contribution in [0.1, 0.15) is 35.6 Å². The molecule has 0 spiro atoms. The van der Waals surface area contributed by atoms with Crippen molar-refractivity contribution >= 4 is 12.0 Å². The zero-order chi connectivity index (χ0) is 18.8. The zero-order valence-electron chi connectivity index (χ0n) is 15.2. The number of aromatic nitrogens is 2. The molecule has 6 nitrogen and oxygen atoms in total. The Hall–Kier alpha value is -2.89. The van der Waals surface area contributed by atoms with Crippen LogP contribution in [0.4, 0.5) is 0 Å². The molecule has 26 heavy (non-hydrogen) atoms. The Morgan fingerprint density at radius 1 is 1.19 bits per heavy atom. The van der Waals surface area contributed by atoms with Gasteiger partial charge in [-0.2, -0.15) is 0 Å². The molecule has 1 atom stereocenters. The normalized spacial score (nSPS) is 15.2. The Bertz CT molecular complexity index is 963. The Balaban J connectivity index is 1.77. The second-order valence-electron chi connectivity index (χ2n) is 6.91. The summed E-state index contributed by atoms with van der Waals surface area (Å²) in [5.74, 6) is 0.207. The molecular formula is C20H23N3O3. The van der Waals surface area contributed by atoms with Crippen molar-refractivity contribution in [3.8, 4) is 0 Å². The van der Waals surface area contributed by atoms with Crippen molar-refractivity contribution in [1.82, 2.24) is 14.5 Å². The highest BCUT2D eigenvalue weighted by Gasteiger charge is 2.33. The molecule has 1 fully saturated rings. The first-order valence-corrected chi connectivity index (χ1v) is 8.68. The lowest BCUT2D eigenvalue weighted by Crippen LogP contribution is -2.37. The predicted octanol–water partition coefficient (Wildman–Crippen LogP) is 1.67. The lowest BCUT2D eigenvalue weighted by molar-refractivity contribution is -0.117. The van der Waals surface area contributed by atoms with Crippen LogP contribution in [0.15, 0.2) is 46.1 Å². The number of hydrogen-bond donors (Lipinski definition) is 1. The zero-order valence-corrected chi connectivity index (χ0v) is 15.2. The van der Waals surface area contributed by atoms with E-state index in [2.05, 4.69) is 5.32 Å². The van der Waals surface area contributed by atoms with Crippen LogP contribution in [0.25, 0.3) is 6.08 Å². The summed E-state index contributed by atoms with van der Waals surface area (Å²) < 4.78 is 2.34. The van der Waals surface area contributed by atoms with Gasteiger partial charge in [0.15, 0.2) is 0 Å². The van der Waals surface area contributed by atoms with E-state index in [0.29, 0.717) is 11.5 Å². The van der Waals surface area contributed by atoms with Crippen molar-refractivity contribution in [2.24, 2.45) is 20.0 Å². The quantitative estimate of drug-likeness (QED) is 0.831. The van der Waals surface area contributed by atoms with Crippen molar-refractivity contribution in [3.05, 3.63) is 74.1 Å². The summed E-state index contributed by atoms with van der Waals surface area (Å²) in [5.41, 5.74) is 1.75. The standard InChI is InChI=1S/C20H23N3O3/c1-13-4-6-14(7-5-13)18(15-8-9-15)21-17(24)11-10-16-12-22(2)20(26)23(3)19(16)25/h4-7,10-12,15,18H,8-9H2,1-3H3,(H,21,24). The van der Waals surface area contributed by atoms with Gasteiger partial charge in [0.25, 0.3) is 5.56 Å². The minimum atomic E-state index is -0.422.